The van der Waals surface area contributed by atoms with Crippen LogP contribution in [0.15, 0.2) is 12.1 Å². The second-order valence-electron chi connectivity index (χ2n) is 9.45. The van der Waals surface area contributed by atoms with Gasteiger partial charge in [-0.25, -0.2) is 17.1 Å². The Hall–Kier alpha value is -2.37. The number of hydrogen-bond acceptors (Lipinski definition) is 6. The van der Waals surface area contributed by atoms with E-state index in [2.05, 4.69) is 5.32 Å². The first-order valence-electron chi connectivity index (χ1n) is 11.8. The lowest BCUT2D eigenvalue weighted by Gasteiger charge is -2.35. The summed E-state index contributed by atoms with van der Waals surface area (Å²) in [5.41, 5.74) is 1.65. The number of sulfonamides is 1. The molecule has 4 heterocycles. The van der Waals surface area contributed by atoms with Crippen LogP contribution in [0.3, 0.4) is 0 Å². The van der Waals surface area contributed by atoms with Gasteiger partial charge in [0.15, 0.2) is 0 Å². The molecule has 1 aromatic carbocycles. The predicted octanol–water partition coefficient (Wildman–Crippen LogP) is 1.27. The van der Waals surface area contributed by atoms with Crippen LogP contribution in [0.5, 0.6) is 0 Å². The second kappa shape index (κ2) is 9.01. The van der Waals surface area contributed by atoms with Crippen LogP contribution in [0.1, 0.15) is 65.9 Å². The van der Waals surface area contributed by atoms with Crippen LogP contribution >= 0.6 is 0 Å². The topological polar surface area (TPSA) is 113 Å². The minimum Gasteiger partial charge on any atom is -0.381 e. The molecule has 4 aliphatic rings. The van der Waals surface area contributed by atoms with Crippen LogP contribution in [0.4, 0.5) is 4.39 Å². The zero-order chi connectivity index (χ0) is 24.0. The fourth-order valence-corrected chi connectivity index (χ4v) is 7.55. The van der Waals surface area contributed by atoms with Gasteiger partial charge in [-0.05, 0) is 61.3 Å². The summed E-state index contributed by atoms with van der Waals surface area (Å²) in [6, 6.07) is 1.88. The number of carbonyl (C=O) groups excluding carboxylic acids is 3. The highest BCUT2D eigenvalue weighted by atomic mass is 32.2. The number of rotatable bonds is 4. The lowest BCUT2D eigenvalue weighted by Crippen LogP contribution is -2.52. The molecule has 0 radical (unpaired) electrons. The fourth-order valence-electron chi connectivity index (χ4n) is 5.62. The molecule has 9 nitrogen and oxygen atoms in total. The van der Waals surface area contributed by atoms with E-state index in [4.69, 9.17) is 4.74 Å². The number of amides is 3. The van der Waals surface area contributed by atoms with Crippen molar-refractivity contribution in [1.82, 2.24) is 14.5 Å². The van der Waals surface area contributed by atoms with E-state index in [9.17, 15) is 27.2 Å². The number of hydrogen-bond donors (Lipinski definition) is 1. The maximum absolute atomic E-state index is 14.5. The zero-order valence-corrected chi connectivity index (χ0v) is 19.6. The van der Waals surface area contributed by atoms with Crippen molar-refractivity contribution < 1.29 is 31.9 Å². The average molecular weight is 494 g/mol. The largest absolute Gasteiger partial charge is 0.381 e. The Morgan fingerprint density at radius 1 is 1.00 bits per heavy atom. The lowest BCUT2D eigenvalue weighted by molar-refractivity contribution is -0.136. The number of halogens is 1. The third-order valence-electron chi connectivity index (χ3n) is 7.50. The van der Waals surface area contributed by atoms with E-state index < -0.39 is 38.9 Å². The van der Waals surface area contributed by atoms with Gasteiger partial charge in [-0.15, -0.1) is 0 Å². The number of imide groups is 1. The van der Waals surface area contributed by atoms with E-state index in [0.717, 1.165) is 0 Å². The summed E-state index contributed by atoms with van der Waals surface area (Å²) >= 11 is 0. The molecule has 0 spiro atoms. The van der Waals surface area contributed by atoms with Crippen LogP contribution in [0, 0.1) is 5.82 Å². The average Bonchev–Trinajstić information content (AvgIpc) is 3.15. The SMILES string of the molecule is O=C1CCC(N2Cc3c(cc(F)cc3C3CCN(S(=O)(=O)C4CCOCC4)CC3)C2=O)C(=O)N1. The van der Waals surface area contributed by atoms with E-state index in [1.54, 1.807) is 4.31 Å². The molecule has 3 amide bonds. The summed E-state index contributed by atoms with van der Waals surface area (Å²) in [5, 5.41) is 1.85. The van der Waals surface area contributed by atoms with E-state index in [1.165, 1.54) is 17.0 Å². The first kappa shape index (κ1) is 23.4. The Balaban J connectivity index is 1.33. The molecule has 0 saturated carbocycles. The van der Waals surface area contributed by atoms with Gasteiger partial charge in [-0.1, -0.05) is 0 Å². The summed E-state index contributed by atoms with van der Waals surface area (Å²) in [7, 11) is -3.41. The summed E-state index contributed by atoms with van der Waals surface area (Å²) in [4.78, 5) is 38.3. The summed E-state index contributed by atoms with van der Waals surface area (Å²) in [5.74, 6) is -1.89. The first-order chi connectivity index (χ1) is 16.3. The van der Waals surface area contributed by atoms with Gasteiger partial charge >= 0.3 is 0 Å². The van der Waals surface area contributed by atoms with Crippen molar-refractivity contribution in [3.8, 4) is 0 Å². The van der Waals surface area contributed by atoms with Crippen LogP contribution < -0.4 is 5.32 Å². The minimum atomic E-state index is -3.41. The highest BCUT2D eigenvalue weighted by molar-refractivity contribution is 7.89. The number of carbonyl (C=O) groups is 3. The number of piperidine rings is 2. The maximum atomic E-state index is 14.5. The summed E-state index contributed by atoms with van der Waals surface area (Å²) in [6.45, 7) is 1.78. The van der Waals surface area contributed by atoms with Crippen molar-refractivity contribution in [2.24, 2.45) is 0 Å². The van der Waals surface area contributed by atoms with E-state index in [1.807, 2.05) is 0 Å². The molecule has 1 aromatic rings. The molecular weight excluding hydrogens is 465 g/mol. The Kier molecular flexibility index (Phi) is 6.19. The van der Waals surface area contributed by atoms with Gasteiger partial charge in [0.25, 0.3) is 5.91 Å². The first-order valence-corrected chi connectivity index (χ1v) is 13.3. The molecular formula is C23H28FN3O6S. The van der Waals surface area contributed by atoms with Crippen molar-refractivity contribution in [2.45, 2.75) is 62.3 Å². The quantitative estimate of drug-likeness (QED) is 0.633. The molecule has 5 rings (SSSR count). The highest BCUT2D eigenvalue weighted by Crippen LogP contribution is 2.38. The molecule has 0 aliphatic carbocycles. The van der Waals surface area contributed by atoms with E-state index >= 15 is 0 Å². The van der Waals surface area contributed by atoms with Gasteiger partial charge in [0, 0.05) is 44.8 Å². The molecule has 0 aromatic heterocycles. The van der Waals surface area contributed by atoms with Gasteiger partial charge < -0.3 is 9.64 Å². The summed E-state index contributed by atoms with van der Waals surface area (Å²) < 4.78 is 47.5. The smallest absolute Gasteiger partial charge is 0.255 e. The van der Waals surface area contributed by atoms with Crippen molar-refractivity contribution in [3.05, 3.63) is 34.6 Å². The van der Waals surface area contributed by atoms with Gasteiger partial charge in [-0.3, -0.25) is 19.7 Å². The fraction of sp³-hybridized carbons (Fsp3) is 0.609. The van der Waals surface area contributed by atoms with Crippen molar-refractivity contribution >= 4 is 27.7 Å². The summed E-state index contributed by atoms with van der Waals surface area (Å²) in [6.07, 6.45) is 2.45. The molecule has 0 bridgehead atoms. The number of nitrogens with zero attached hydrogens (tertiary/aromatic N) is 2. The molecule has 184 valence electrons. The van der Waals surface area contributed by atoms with Crippen LogP contribution in [-0.4, -0.2) is 72.9 Å². The molecule has 3 fully saturated rings. The molecule has 1 atom stereocenters. The lowest BCUT2D eigenvalue weighted by atomic mass is 9.86. The standard InChI is InChI=1S/C23H28FN3O6S/c24-15-11-17(14-3-7-26(8-4-14)34(31,32)16-5-9-33-10-6-16)19-13-27(23(30)18(19)12-15)20-1-2-21(28)25-22(20)29/h11-12,14,16,20H,1-10,13H2,(H,25,28,29). The Labute approximate surface area is 197 Å². The van der Waals surface area contributed by atoms with Crippen LogP contribution in [-0.2, 0) is 30.9 Å². The Morgan fingerprint density at radius 3 is 2.38 bits per heavy atom. The Bertz CT molecular complexity index is 1130. The predicted molar refractivity (Wildman–Crippen MR) is 119 cm³/mol. The number of nitrogens with one attached hydrogen (secondary N) is 1. The van der Waals surface area contributed by atoms with Crippen molar-refractivity contribution in [2.75, 3.05) is 26.3 Å². The molecule has 1 unspecified atom stereocenters. The second-order valence-corrected chi connectivity index (χ2v) is 11.7. The molecule has 11 heteroatoms. The highest BCUT2D eigenvalue weighted by Gasteiger charge is 2.42. The molecule has 3 saturated heterocycles. The third kappa shape index (κ3) is 4.14. The van der Waals surface area contributed by atoms with E-state index in [-0.39, 0.29) is 36.8 Å². The van der Waals surface area contributed by atoms with Crippen LogP contribution in [0.25, 0.3) is 0 Å². The molecule has 1 N–H and O–H groups in total. The van der Waals surface area contributed by atoms with Gasteiger partial charge in [0.2, 0.25) is 21.8 Å². The van der Waals surface area contributed by atoms with E-state index in [0.29, 0.717) is 63.1 Å². The molecule has 4 aliphatic heterocycles. The van der Waals surface area contributed by atoms with Gasteiger partial charge in [0.1, 0.15) is 11.9 Å². The van der Waals surface area contributed by atoms with Crippen molar-refractivity contribution in [3.63, 3.8) is 0 Å². The number of fused-ring (bicyclic) bond motifs is 1. The van der Waals surface area contributed by atoms with Gasteiger partial charge in [0.05, 0.1) is 5.25 Å². The number of benzene rings is 1. The maximum Gasteiger partial charge on any atom is 0.255 e. The zero-order valence-electron chi connectivity index (χ0n) is 18.8. The Morgan fingerprint density at radius 2 is 1.71 bits per heavy atom. The third-order valence-corrected chi connectivity index (χ3v) is 9.90. The normalized spacial score (nSPS) is 25.5. The minimum absolute atomic E-state index is 0.0832. The van der Waals surface area contributed by atoms with Gasteiger partial charge in [-0.2, -0.15) is 0 Å². The number of ether oxygens (including phenoxy) is 1. The molecule has 34 heavy (non-hydrogen) atoms. The van der Waals surface area contributed by atoms with Crippen molar-refractivity contribution in [1.29, 1.82) is 0 Å². The van der Waals surface area contributed by atoms with Crippen LogP contribution in [0.2, 0.25) is 0 Å². The monoisotopic (exact) mass is 493 g/mol.